The van der Waals surface area contributed by atoms with Crippen molar-refractivity contribution in [3.63, 3.8) is 0 Å². The van der Waals surface area contributed by atoms with E-state index in [1.165, 1.54) is 0 Å². The van der Waals surface area contributed by atoms with Crippen molar-refractivity contribution in [1.29, 1.82) is 0 Å². The molecule has 0 bridgehead atoms. The molecule has 0 aromatic carbocycles. The van der Waals surface area contributed by atoms with Gasteiger partial charge in [-0.2, -0.15) is 0 Å². The van der Waals surface area contributed by atoms with E-state index in [0.29, 0.717) is 18.7 Å². The molecule has 1 aliphatic rings. The lowest BCUT2D eigenvalue weighted by Crippen LogP contribution is -2.64. The summed E-state index contributed by atoms with van der Waals surface area (Å²) in [6, 6.07) is 0.508. The first-order valence-electron chi connectivity index (χ1n) is 6.63. The van der Waals surface area contributed by atoms with Gasteiger partial charge in [0.2, 0.25) is 0 Å². The second-order valence-corrected chi connectivity index (χ2v) is 4.93. The van der Waals surface area contributed by atoms with Crippen LogP contribution in [0.5, 0.6) is 0 Å². The van der Waals surface area contributed by atoms with Crippen LogP contribution in [0, 0.1) is 5.41 Å². The van der Waals surface area contributed by atoms with Gasteiger partial charge in [0.1, 0.15) is 0 Å². The molecule has 3 heteroatoms. The average Bonchev–Trinajstić information content (AvgIpc) is 2.24. The summed E-state index contributed by atoms with van der Waals surface area (Å²) in [6.45, 7) is 9.86. The van der Waals surface area contributed by atoms with E-state index in [9.17, 15) is 5.11 Å². The molecule has 16 heavy (non-hydrogen) atoms. The summed E-state index contributed by atoms with van der Waals surface area (Å²) in [5.41, 5.74) is 0.283. The van der Waals surface area contributed by atoms with Crippen molar-refractivity contribution in [2.75, 3.05) is 13.2 Å². The highest BCUT2D eigenvalue weighted by Gasteiger charge is 2.52. The van der Waals surface area contributed by atoms with E-state index in [1.54, 1.807) is 0 Å². The molecule has 0 aromatic rings. The van der Waals surface area contributed by atoms with E-state index in [2.05, 4.69) is 26.1 Å². The molecule has 0 heterocycles. The smallest absolute Gasteiger partial charge is 0.0660 e. The zero-order valence-corrected chi connectivity index (χ0v) is 11.1. The number of rotatable bonds is 7. The van der Waals surface area contributed by atoms with Crippen molar-refractivity contribution in [3.05, 3.63) is 0 Å². The van der Waals surface area contributed by atoms with E-state index >= 15 is 0 Å². The van der Waals surface area contributed by atoms with Gasteiger partial charge < -0.3 is 15.2 Å². The maximum atomic E-state index is 9.31. The Morgan fingerprint density at radius 3 is 2.44 bits per heavy atom. The van der Waals surface area contributed by atoms with Crippen LogP contribution in [0.1, 0.15) is 47.0 Å². The summed E-state index contributed by atoms with van der Waals surface area (Å²) in [5.74, 6) is 0. The highest BCUT2D eigenvalue weighted by molar-refractivity contribution is 5.06. The Labute approximate surface area is 99.6 Å². The third-order valence-electron chi connectivity index (χ3n) is 4.13. The second kappa shape index (κ2) is 5.99. The minimum atomic E-state index is -0.266. The van der Waals surface area contributed by atoms with Crippen LogP contribution in [0.3, 0.4) is 0 Å². The molecule has 1 rings (SSSR count). The van der Waals surface area contributed by atoms with E-state index in [-0.39, 0.29) is 11.5 Å². The molecule has 0 amide bonds. The van der Waals surface area contributed by atoms with Gasteiger partial charge in [0.15, 0.2) is 0 Å². The van der Waals surface area contributed by atoms with Crippen molar-refractivity contribution in [1.82, 2.24) is 5.32 Å². The number of hydrogen-bond donors (Lipinski definition) is 2. The molecule has 0 spiro atoms. The van der Waals surface area contributed by atoms with E-state index in [0.717, 1.165) is 25.9 Å². The zero-order chi connectivity index (χ0) is 12.2. The van der Waals surface area contributed by atoms with Gasteiger partial charge >= 0.3 is 0 Å². The van der Waals surface area contributed by atoms with Crippen LogP contribution in [0.4, 0.5) is 0 Å². The van der Waals surface area contributed by atoms with Crippen LogP contribution in [0.2, 0.25) is 0 Å². The number of ether oxygens (including phenoxy) is 1. The Morgan fingerprint density at radius 1 is 1.38 bits per heavy atom. The third kappa shape index (κ3) is 2.58. The Kier molecular flexibility index (Phi) is 5.22. The molecule has 96 valence electrons. The van der Waals surface area contributed by atoms with Crippen molar-refractivity contribution < 1.29 is 9.84 Å². The summed E-state index contributed by atoms with van der Waals surface area (Å²) in [6.07, 6.45) is 3.51. The Hall–Kier alpha value is -0.120. The van der Waals surface area contributed by atoms with Crippen molar-refractivity contribution in [2.45, 2.75) is 65.2 Å². The van der Waals surface area contributed by atoms with Gasteiger partial charge in [0.05, 0.1) is 12.2 Å². The third-order valence-corrected chi connectivity index (χ3v) is 4.13. The van der Waals surface area contributed by atoms with Gasteiger partial charge in [0.25, 0.3) is 0 Å². The summed E-state index contributed by atoms with van der Waals surface area (Å²) < 4.78 is 5.81. The molecular weight excluding hydrogens is 202 g/mol. The Bertz CT molecular complexity index is 202. The lowest BCUT2D eigenvalue weighted by atomic mass is 9.58. The maximum absolute atomic E-state index is 9.31. The quantitative estimate of drug-likeness (QED) is 0.701. The van der Waals surface area contributed by atoms with Gasteiger partial charge in [-0.05, 0) is 33.1 Å². The highest BCUT2D eigenvalue weighted by Crippen LogP contribution is 2.48. The van der Waals surface area contributed by atoms with E-state index in [4.69, 9.17) is 4.74 Å². The number of aliphatic hydroxyl groups is 1. The molecule has 3 nitrogen and oxygen atoms in total. The first kappa shape index (κ1) is 13.9. The lowest BCUT2D eigenvalue weighted by Gasteiger charge is -2.55. The highest BCUT2D eigenvalue weighted by atomic mass is 16.5. The lowest BCUT2D eigenvalue weighted by molar-refractivity contribution is -0.138. The monoisotopic (exact) mass is 229 g/mol. The average molecular weight is 229 g/mol. The minimum absolute atomic E-state index is 0.266. The molecule has 2 N–H and O–H groups in total. The molecule has 0 saturated heterocycles. The van der Waals surface area contributed by atoms with Crippen molar-refractivity contribution >= 4 is 0 Å². The van der Waals surface area contributed by atoms with Gasteiger partial charge in [-0.25, -0.2) is 0 Å². The molecule has 0 radical (unpaired) electrons. The predicted molar refractivity (Wildman–Crippen MR) is 66.5 cm³/mol. The van der Waals surface area contributed by atoms with E-state index < -0.39 is 0 Å². The fourth-order valence-electron chi connectivity index (χ4n) is 2.98. The summed E-state index contributed by atoms with van der Waals surface area (Å²) in [4.78, 5) is 0. The molecule has 2 unspecified atom stereocenters. The maximum Gasteiger partial charge on any atom is 0.0660 e. The molecule has 1 fully saturated rings. The molecular formula is C13H27NO2. The van der Waals surface area contributed by atoms with Crippen LogP contribution in [-0.4, -0.2) is 36.5 Å². The first-order valence-corrected chi connectivity index (χ1v) is 6.63. The zero-order valence-electron chi connectivity index (χ0n) is 11.1. The van der Waals surface area contributed by atoms with Gasteiger partial charge in [-0.1, -0.05) is 13.8 Å². The van der Waals surface area contributed by atoms with Gasteiger partial charge in [-0.15, -0.1) is 0 Å². The summed E-state index contributed by atoms with van der Waals surface area (Å²) in [7, 11) is 0. The van der Waals surface area contributed by atoms with E-state index in [1.807, 2.05) is 6.92 Å². The van der Waals surface area contributed by atoms with Gasteiger partial charge in [0, 0.05) is 24.6 Å². The standard InChI is InChI=1S/C13H27NO2/c1-5-13(6-2)11(14-9-10(4)15)8-12(13)16-7-3/h10-12,14-15H,5-9H2,1-4H3/t10-,11?,12?/m0/s1. The Balaban J connectivity index is 2.53. The second-order valence-electron chi connectivity index (χ2n) is 4.93. The van der Waals surface area contributed by atoms with Crippen LogP contribution < -0.4 is 5.32 Å². The number of aliphatic hydroxyl groups excluding tert-OH is 1. The molecule has 0 aliphatic heterocycles. The molecule has 1 aliphatic carbocycles. The number of nitrogens with one attached hydrogen (secondary N) is 1. The fourth-order valence-corrected chi connectivity index (χ4v) is 2.98. The van der Waals surface area contributed by atoms with Crippen molar-refractivity contribution in [2.24, 2.45) is 5.41 Å². The largest absolute Gasteiger partial charge is 0.392 e. The predicted octanol–water partition coefficient (Wildman–Crippen LogP) is 1.94. The van der Waals surface area contributed by atoms with Crippen LogP contribution >= 0.6 is 0 Å². The topological polar surface area (TPSA) is 41.5 Å². The molecule has 1 saturated carbocycles. The minimum Gasteiger partial charge on any atom is -0.392 e. The molecule has 0 aromatic heterocycles. The SMILES string of the molecule is CCOC1CC(NC[C@H](C)O)C1(CC)CC. The molecule has 3 atom stereocenters. The summed E-state index contributed by atoms with van der Waals surface area (Å²) >= 11 is 0. The van der Waals surface area contributed by atoms with Gasteiger partial charge in [-0.3, -0.25) is 0 Å². The normalized spacial score (nSPS) is 29.8. The number of hydrogen-bond acceptors (Lipinski definition) is 3. The van der Waals surface area contributed by atoms with Crippen LogP contribution in [0.15, 0.2) is 0 Å². The fraction of sp³-hybridized carbons (Fsp3) is 1.00. The van der Waals surface area contributed by atoms with Crippen LogP contribution in [0.25, 0.3) is 0 Å². The summed E-state index contributed by atoms with van der Waals surface area (Å²) in [5, 5.41) is 12.8. The first-order chi connectivity index (χ1) is 7.60. The van der Waals surface area contributed by atoms with Crippen LogP contribution in [-0.2, 0) is 4.74 Å². The van der Waals surface area contributed by atoms with Crippen molar-refractivity contribution in [3.8, 4) is 0 Å². The Morgan fingerprint density at radius 2 is 2.00 bits per heavy atom.